The molecule has 0 spiro atoms. The summed E-state index contributed by atoms with van der Waals surface area (Å²) in [5.74, 6) is -1.56. The zero-order valence-corrected chi connectivity index (χ0v) is 12.5. The minimum atomic E-state index is -0.672. The minimum absolute atomic E-state index is 0.112. The molecular formula is C17H18F2N2O. The smallest absolute Gasteiger partial charge is 0.226 e. The van der Waals surface area contributed by atoms with E-state index in [1.165, 1.54) is 18.2 Å². The van der Waals surface area contributed by atoms with Gasteiger partial charge in [0.15, 0.2) is 0 Å². The highest BCUT2D eigenvalue weighted by atomic mass is 19.1. The predicted molar refractivity (Wildman–Crippen MR) is 84.0 cm³/mol. The normalized spacial score (nSPS) is 10.4. The highest BCUT2D eigenvalue weighted by Crippen LogP contribution is 2.18. The molecule has 2 rings (SSSR count). The van der Waals surface area contributed by atoms with Crippen LogP contribution in [0.5, 0.6) is 0 Å². The summed E-state index contributed by atoms with van der Waals surface area (Å²) in [5.41, 5.74) is 2.63. The molecule has 1 amide bonds. The van der Waals surface area contributed by atoms with Gasteiger partial charge in [0.05, 0.1) is 0 Å². The summed E-state index contributed by atoms with van der Waals surface area (Å²) in [6.45, 7) is 4.05. The summed E-state index contributed by atoms with van der Waals surface area (Å²) < 4.78 is 26.8. The van der Waals surface area contributed by atoms with E-state index in [-0.39, 0.29) is 24.6 Å². The number of para-hydroxylation sites is 1. The molecule has 0 atom stereocenters. The van der Waals surface area contributed by atoms with Crippen molar-refractivity contribution in [3.8, 4) is 0 Å². The average Bonchev–Trinajstić information content (AvgIpc) is 2.41. The lowest BCUT2D eigenvalue weighted by molar-refractivity contribution is -0.115. The molecule has 0 radical (unpaired) electrons. The van der Waals surface area contributed by atoms with Crippen molar-refractivity contribution in [1.29, 1.82) is 0 Å². The monoisotopic (exact) mass is 304 g/mol. The summed E-state index contributed by atoms with van der Waals surface area (Å²) >= 11 is 0. The fourth-order valence-electron chi connectivity index (χ4n) is 2.24. The van der Waals surface area contributed by atoms with Gasteiger partial charge < -0.3 is 10.6 Å². The second-order valence-corrected chi connectivity index (χ2v) is 5.20. The molecule has 0 aliphatic carbocycles. The van der Waals surface area contributed by atoms with E-state index < -0.39 is 11.6 Å². The van der Waals surface area contributed by atoms with Crippen LogP contribution in [0.3, 0.4) is 0 Å². The Hall–Kier alpha value is -2.43. The van der Waals surface area contributed by atoms with E-state index in [0.29, 0.717) is 0 Å². The van der Waals surface area contributed by atoms with Crippen molar-refractivity contribution in [2.45, 2.75) is 20.3 Å². The van der Waals surface area contributed by atoms with Crippen LogP contribution in [0.15, 0.2) is 36.4 Å². The SMILES string of the molecule is Cc1cc(C)cc(NC(=O)CCNc2c(F)cccc2F)c1. The summed E-state index contributed by atoms with van der Waals surface area (Å²) in [6.07, 6.45) is 0.112. The molecule has 0 heterocycles. The number of amides is 1. The predicted octanol–water partition coefficient (Wildman–Crippen LogP) is 4.02. The molecule has 0 aliphatic heterocycles. The molecule has 3 nitrogen and oxygen atoms in total. The van der Waals surface area contributed by atoms with Gasteiger partial charge in [-0.3, -0.25) is 4.79 Å². The quantitative estimate of drug-likeness (QED) is 0.876. The molecule has 5 heteroatoms. The first-order chi connectivity index (χ1) is 10.5. The second-order valence-electron chi connectivity index (χ2n) is 5.20. The number of aryl methyl sites for hydroxylation is 2. The van der Waals surface area contributed by atoms with Gasteiger partial charge in [-0.25, -0.2) is 8.78 Å². The van der Waals surface area contributed by atoms with Gasteiger partial charge in [0.1, 0.15) is 17.3 Å². The third-order valence-electron chi connectivity index (χ3n) is 3.12. The third kappa shape index (κ3) is 4.28. The fraction of sp³-hybridized carbons (Fsp3) is 0.235. The standard InChI is InChI=1S/C17H18F2N2O/c1-11-8-12(2)10-13(9-11)21-16(22)6-7-20-17-14(18)4-3-5-15(17)19/h3-5,8-10,20H,6-7H2,1-2H3,(H,21,22). The summed E-state index contributed by atoms with van der Waals surface area (Å²) in [7, 11) is 0. The van der Waals surface area contributed by atoms with Crippen LogP contribution in [-0.2, 0) is 4.79 Å². The summed E-state index contributed by atoms with van der Waals surface area (Å²) in [4.78, 5) is 11.9. The minimum Gasteiger partial charge on any atom is -0.380 e. The highest BCUT2D eigenvalue weighted by Gasteiger charge is 2.09. The van der Waals surface area contributed by atoms with Crippen molar-refractivity contribution in [3.63, 3.8) is 0 Å². The molecular weight excluding hydrogens is 286 g/mol. The molecule has 0 unspecified atom stereocenters. The lowest BCUT2D eigenvalue weighted by Crippen LogP contribution is -2.17. The lowest BCUT2D eigenvalue weighted by Gasteiger charge is -2.10. The first-order valence-corrected chi connectivity index (χ1v) is 7.02. The van der Waals surface area contributed by atoms with Gasteiger partial charge in [0, 0.05) is 18.7 Å². The largest absolute Gasteiger partial charge is 0.380 e. The maximum atomic E-state index is 13.4. The van der Waals surface area contributed by atoms with Crippen molar-refractivity contribution < 1.29 is 13.6 Å². The Morgan fingerprint density at radius 2 is 1.64 bits per heavy atom. The van der Waals surface area contributed by atoms with Gasteiger partial charge >= 0.3 is 0 Å². The first-order valence-electron chi connectivity index (χ1n) is 7.02. The number of carbonyl (C=O) groups excluding carboxylic acids is 1. The average molecular weight is 304 g/mol. The fourth-order valence-corrected chi connectivity index (χ4v) is 2.24. The van der Waals surface area contributed by atoms with Crippen LogP contribution in [0.25, 0.3) is 0 Å². The van der Waals surface area contributed by atoms with Crippen molar-refractivity contribution in [3.05, 3.63) is 59.2 Å². The number of anilines is 2. The Morgan fingerprint density at radius 3 is 2.23 bits per heavy atom. The van der Waals surface area contributed by atoms with Crippen LogP contribution in [0.4, 0.5) is 20.2 Å². The van der Waals surface area contributed by atoms with E-state index in [1.54, 1.807) is 0 Å². The summed E-state index contributed by atoms with van der Waals surface area (Å²) in [5, 5.41) is 5.38. The number of benzene rings is 2. The van der Waals surface area contributed by atoms with Crippen molar-refractivity contribution in [1.82, 2.24) is 0 Å². The van der Waals surface area contributed by atoms with Gasteiger partial charge in [-0.15, -0.1) is 0 Å². The number of hydrogen-bond acceptors (Lipinski definition) is 2. The van der Waals surface area contributed by atoms with Crippen LogP contribution in [0.2, 0.25) is 0 Å². The molecule has 0 aliphatic rings. The zero-order valence-electron chi connectivity index (χ0n) is 12.5. The Labute approximate surface area is 128 Å². The number of halogens is 2. The molecule has 116 valence electrons. The van der Waals surface area contributed by atoms with E-state index >= 15 is 0 Å². The van der Waals surface area contributed by atoms with Gasteiger partial charge in [-0.1, -0.05) is 12.1 Å². The van der Waals surface area contributed by atoms with Gasteiger partial charge in [-0.2, -0.15) is 0 Å². The van der Waals surface area contributed by atoms with Gasteiger partial charge in [0.2, 0.25) is 5.91 Å². The second kappa shape index (κ2) is 7.02. The Bertz CT molecular complexity index is 646. The molecule has 22 heavy (non-hydrogen) atoms. The van der Waals surface area contributed by atoms with Gasteiger partial charge in [0.25, 0.3) is 0 Å². The Balaban J connectivity index is 1.88. The van der Waals surface area contributed by atoms with E-state index in [0.717, 1.165) is 16.8 Å². The van der Waals surface area contributed by atoms with Crippen LogP contribution >= 0.6 is 0 Å². The third-order valence-corrected chi connectivity index (χ3v) is 3.12. The number of hydrogen-bond donors (Lipinski definition) is 2. The van der Waals surface area contributed by atoms with E-state index in [4.69, 9.17) is 0 Å². The molecule has 0 aromatic heterocycles. The van der Waals surface area contributed by atoms with Crippen LogP contribution in [-0.4, -0.2) is 12.5 Å². The maximum absolute atomic E-state index is 13.4. The first kappa shape index (κ1) is 15.9. The van der Waals surface area contributed by atoms with E-state index in [9.17, 15) is 13.6 Å². The van der Waals surface area contributed by atoms with Crippen molar-refractivity contribution in [2.75, 3.05) is 17.2 Å². The Morgan fingerprint density at radius 1 is 1.05 bits per heavy atom. The lowest BCUT2D eigenvalue weighted by atomic mass is 10.1. The molecule has 0 saturated carbocycles. The summed E-state index contributed by atoms with van der Waals surface area (Å²) in [6, 6.07) is 9.38. The van der Waals surface area contributed by atoms with Gasteiger partial charge in [-0.05, 0) is 49.2 Å². The van der Waals surface area contributed by atoms with E-state index in [1.807, 2.05) is 32.0 Å². The van der Waals surface area contributed by atoms with Crippen LogP contribution in [0, 0.1) is 25.5 Å². The number of rotatable bonds is 5. The zero-order chi connectivity index (χ0) is 16.1. The molecule has 2 aromatic rings. The highest BCUT2D eigenvalue weighted by molar-refractivity contribution is 5.91. The molecule has 0 bridgehead atoms. The molecule has 2 aromatic carbocycles. The van der Waals surface area contributed by atoms with Crippen LogP contribution < -0.4 is 10.6 Å². The molecule has 0 saturated heterocycles. The number of carbonyl (C=O) groups is 1. The molecule has 2 N–H and O–H groups in total. The van der Waals surface area contributed by atoms with Crippen LogP contribution in [0.1, 0.15) is 17.5 Å². The van der Waals surface area contributed by atoms with E-state index in [2.05, 4.69) is 10.6 Å². The number of nitrogens with one attached hydrogen (secondary N) is 2. The molecule has 0 fully saturated rings. The van der Waals surface area contributed by atoms with Crippen molar-refractivity contribution in [2.24, 2.45) is 0 Å². The Kier molecular flexibility index (Phi) is 5.09. The van der Waals surface area contributed by atoms with Crippen molar-refractivity contribution >= 4 is 17.3 Å². The maximum Gasteiger partial charge on any atom is 0.226 e. The topological polar surface area (TPSA) is 41.1 Å².